The van der Waals surface area contributed by atoms with E-state index in [0.717, 1.165) is 18.4 Å². The highest BCUT2D eigenvalue weighted by Crippen LogP contribution is 2.45. The van der Waals surface area contributed by atoms with E-state index in [0.29, 0.717) is 5.69 Å². The van der Waals surface area contributed by atoms with Crippen molar-refractivity contribution in [2.75, 3.05) is 11.9 Å². The fraction of sp³-hybridized carbons (Fsp3) is 0.692. The van der Waals surface area contributed by atoms with E-state index < -0.39 is 0 Å². The van der Waals surface area contributed by atoms with Crippen LogP contribution in [0.2, 0.25) is 0 Å². The molecule has 3 nitrogen and oxygen atoms in total. The molecule has 1 saturated carbocycles. The summed E-state index contributed by atoms with van der Waals surface area (Å²) in [7, 11) is 1.90. The van der Waals surface area contributed by atoms with Crippen molar-refractivity contribution in [1.82, 2.24) is 0 Å². The third kappa shape index (κ3) is 1.34. The van der Waals surface area contributed by atoms with Gasteiger partial charge in [0, 0.05) is 18.7 Å². The third-order valence-corrected chi connectivity index (χ3v) is 4.07. The minimum atomic E-state index is -0.292. The summed E-state index contributed by atoms with van der Waals surface area (Å²) in [5.74, 6) is 0. The molecule has 1 fully saturated rings. The first-order valence-corrected chi connectivity index (χ1v) is 5.95. The van der Waals surface area contributed by atoms with Crippen molar-refractivity contribution in [2.24, 2.45) is 0 Å². The molecule has 0 atom stereocenters. The van der Waals surface area contributed by atoms with E-state index in [9.17, 15) is 9.59 Å². The van der Waals surface area contributed by atoms with Crippen LogP contribution < -0.4 is 15.8 Å². The summed E-state index contributed by atoms with van der Waals surface area (Å²) >= 11 is 0. The molecule has 0 saturated heterocycles. The summed E-state index contributed by atoms with van der Waals surface area (Å²) in [5.41, 5.74) is 0.898. The molecule has 0 aliphatic heterocycles. The van der Waals surface area contributed by atoms with Gasteiger partial charge in [-0.25, -0.2) is 0 Å². The van der Waals surface area contributed by atoms with E-state index in [2.05, 4.69) is 6.92 Å². The van der Waals surface area contributed by atoms with E-state index in [4.69, 9.17) is 0 Å². The van der Waals surface area contributed by atoms with Gasteiger partial charge < -0.3 is 4.90 Å². The molecule has 2 rings (SSSR count). The van der Waals surface area contributed by atoms with Gasteiger partial charge in [0.2, 0.25) is 10.9 Å². The second-order valence-electron chi connectivity index (χ2n) is 5.50. The predicted octanol–water partition coefficient (Wildman–Crippen LogP) is 1.57. The minimum Gasteiger partial charge on any atom is -0.369 e. The number of hydrogen-bond acceptors (Lipinski definition) is 3. The molecule has 1 aliphatic carbocycles. The largest absolute Gasteiger partial charge is 0.369 e. The molecule has 3 heteroatoms. The highest BCUT2D eigenvalue weighted by molar-refractivity contribution is 5.62. The van der Waals surface area contributed by atoms with E-state index in [-0.39, 0.29) is 22.3 Å². The molecule has 0 heterocycles. The lowest BCUT2D eigenvalue weighted by Gasteiger charge is -2.42. The van der Waals surface area contributed by atoms with Crippen LogP contribution in [-0.2, 0) is 5.41 Å². The van der Waals surface area contributed by atoms with Gasteiger partial charge in [-0.3, -0.25) is 9.59 Å². The van der Waals surface area contributed by atoms with Crippen molar-refractivity contribution in [1.29, 1.82) is 0 Å². The van der Waals surface area contributed by atoms with Crippen LogP contribution in [0.15, 0.2) is 9.59 Å². The van der Waals surface area contributed by atoms with Gasteiger partial charge in [-0.05, 0) is 32.1 Å². The van der Waals surface area contributed by atoms with Gasteiger partial charge in [0.05, 0.1) is 5.69 Å². The minimum absolute atomic E-state index is 0.0243. The summed E-state index contributed by atoms with van der Waals surface area (Å²) in [6.45, 7) is 6.16. The SMILES string of the molecule is CC(C)N(C)c1c(C2(C)CCC2)c(=O)c1=O. The molecule has 1 aromatic rings. The van der Waals surface area contributed by atoms with Gasteiger partial charge in [-0.2, -0.15) is 0 Å². The summed E-state index contributed by atoms with van der Waals surface area (Å²) in [4.78, 5) is 25.3. The topological polar surface area (TPSA) is 37.4 Å². The highest BCUT2D eigenvalue weighted by atomic mass is 16.2. The molecule has 88 valence electrons. The van der Waals surface area contributed by atoms with Gasteiger partial charge in [0.25, 0.3) is 0 Å². The molecule has 0 radical (unpaired) electrons. The van der Waals surface area contributed by atoms with Crippen LogP contribution >= 0.6 is 0 Å². The van der Waals surface area contributed by atoms with Gasteiger partial charge in [0.1, 0.15) is 0 Å². The van der Waals surface area contributed by atoms with E-state index in [1.807, 2.05) is 25.8 Å². The van der Waals surface area contributed by atoms with Crippen LogP contribution in [-0.4, -0.2) is 13.1 Å². The number of nitrogens with zero attached hydrogens (tertiary/aromatic N) is 1. The Morgan fingerprint density at radius 2 is 1.75 bits per heavy atom. The van der Waals surface area contributed by atoms with Crippen LogP contribution in [0.1, 0.15) is 45.6 Å². The first kappa shape index (κ1) is 11.4. The Morgan fingerprint density at radius 3 is 2.12 bits per heavy atom. The number of hydrogen-bond donors (Lipinski definition) is 0. The zero-order valence-corrected chi connectivity index (χ0v) is 10.5. The molecule has 0 unspecified atom stereocenters. The van der Waals surface area contributed by atoms with Crippen LogP contribution in [0.25, 0.3) is 0 Å². The normalized spacial score (nSPS) is 18.8. The molecule has 0 aromatic heterocycles. The fourth-order valence-corrected chi connectivity index (χ4v) is 2.49. The lowest BCUT2D eigenvalue weighted by Crippen LogP contribution is -2.51. The quantitative estimate of drug-likeness (QED) is 0.727. The lowest BCUT2D eigenvalue weighted by molar-refractivity contribution is 0.268. The van der Waals surface area contributed by atoms with Crippen molar-refractivity contribution < 1.29 is 0 Å². The fourth-order valence-electron chi connectivity index (χ4n) is 2.49. The van der Waals surface area contributed by atoms with Gasteiger partial charge in [0.15, 0.2) is 0 Å². The van der Waals surface area contributed by atoms with Crippen LogP contribution in [0, 0.1) is 0 Å². The Balaban J connectivity index is 2.44. The molecular formula is C13H19NO2. The van der Waals surface area contributed by atoms with E-state index in [1.54, 1.807) is 0 Å². The van der Waals surface area contributed by atoms with Crippen molar-refractivity contribution >= 4 is 5.69 Å². The Labute approximate surface area is 95.8 Å². The highest BCUT2D eigenvalue weighted by Gasteiger charge is 2.42. The second kappa shape index (κ2) is 3.44. The molecule has 16 heavy (non-hydrogen) atoms. The monoisotopic (exact) mass is 221 g/mol. The molecule has 1 aliphatic rings. The summed E-state index contributed by atoms with van der Waals surface area (Å²) < 4.78 is 0. The zero-order chi connectivity index (χ0) is 12.1. The Kier molecular flexibility index (Phi) is 2.44. The maximum absolute atomic E-state index is 11.7. The van der Waals surface area contributed by atoms with Crippen molar-refractivity contribution in [3.63, 3.8) is 0 Å². The van der Waals surface area contributed by atoms with E-state index >= 15 is 0 Å². The maximum Gasteiger partial charge on any atom is 0.249 e. The Morgan fingerprint density at radius 1 is 1.19 bits per heavy atom. The zero-order valence-electron chi connectivity index (χ0n) is 10.5. The summed E-state index contributed by atoms with van der Waals surface area (Å²) in [6.07, 6.45) is 3.24. The predicted molar refractivity (Wildman–Crippen MR) is 66.1 cm³/mol. The van der Waals surface area contributed by atoms with Gasteiger partial charge >= 0.3 is 0 Å². The molecule has 0 amide bonds. The van der Waals surface area contributed by atoms with Crippen LogP contribution in [0.4, 0.5) is 5.69 Å². The average Bonchev–Trinajstić information content (AvgIpc) is 2.20. The third-order valence-electron chi connectivity index (χ3n) is 4.07. The van der Waals surface area contributed by atoms with Crippen molar-refractivity contribution in [3.05, 3.63) is 26.0 Å². The smallest absolute Gasteiger partial charge is 0.249 e. The number of rotatable bonds is 3. The first-order chi connectivity index (χ1) is 7.38. The van der Waals surface area contributed by atoms with Gasteiger partial charge in [-0.1, -0.05) is 13.3 Å². The van der Waals surface area contributed by atoms with Crippen molar-refractivity contribution in [2.45, 2.75) is 51.5 Å². The van der Waals surface area contributed by atoms with E-state index in [1.165, 1.54) is 6.42 Å². The molecular weight excluding hydrogens is 202 g/mol. The summed E-state index contributed by atoms with van der Waals surface area (Å²) in [5, 5.41) is 0. The standard InChI is InChI=1S/C13H19NO2/c1-8(2)14(4)10-9(11(15)12(10)16)13(3)6-5-7-13/h8H,5-7H2,1-4H3. The average molecular weight is 221 g/mol. The Hall–Kier alpha value is -1.12. The molecule has 0 spiro atoms. The second-order valence-corrected chi connectivity index (χ2v) is 5.50. The molecule has 0 bridgehead atoms. The molecule has 0 N–H and O–H groups in total. The number of anilines is 1. The maximum atomic E-state index is 11.7. The Bertz CT molecular complexity index is 476. The first-order valence-electron chi connectivity index (χ1n) is 5.95. The lowest BCUT2D eigenvalue weighted by atomic mass is 9.64. The molecule has 1 aromatic carbocycles. The van der Waals surface area contributed by atoms with Crippen LogP contribution in [0.3, 0.4) is 0 Å². The summed E-state index contributed by atoms with van der Waals surface area (Å²) in [6, 6.07) is 0.255. The van der Waals surface area contributed by atoms with Gasteiger partial charge in [-0.15, -0.1) is 0 Å². The van der Waals surface area contributed by atoms with Crippen LogP contribution in [0.5, 0.6) is 0 Å². The van der Waals surface area contributed by atoms with Crippen molar-refractivity contribution in [3.8, 4) is 0 Å².